The van der Waals surface area contributed by atoms with Gasteiger partial charge in [-0.3, -0.25) is 9.89 Å². The van der Waals surface area contributed by atoms with Gasteiger partial charge in [0.05, 0.1) is 24.5 Å². The van der Waals surface area contributed by atoms with E-state index < -0.39 is 0 Å². The van der Waals surface area contributed by atoms with Gasteiger partial charge in [-0.25, -0.2) is 0 Å². The number of hydrogen-bond donors (Lipinski definition) is 1. The average molecular weight is 329 g/mol. The largest absolute Gasteiger partial charge is 0.493 e. The Kier molecular flexibility index (Phi) is 4.57. The molecule has 2 heterocycles. The summed E-state index contributed by atoms with van der Waals surface area (Å²) in [4.78, 5) is 14.5. The van der Waals surface area contributed by atoms with E-state index in [4.69, 9.17) is 9.47 Å². The van der Waals surface area contributed by atoms with Crippen LogP contribution in [0.4, 0.5) is 0 Å². The smallest absolute Gasteiger partial charge is 0.272 e. The van der Waals surface area contributed by atoms with E-state index >= 15 is 0 Å². The molecular weight excluding hydrogens is 306 g/mol. The molecule has 1 aromatic carbocycles. The first-order valence-corrected chi connectivity index (χ1v) is 8.21. The van der Waals surface area contributed by atoms with Gasteiger partial charge in [-0.2, -0.15) is 5.10 Å². The van der Waals surface area contributed by atoms with E-state index in [1.54, 1.807) is 11.0 Å². The molecule has 0 radical (unpaired) electrons. The van der Waals surface area contributed by atoms with Gasteiger partial charge in [0.25, 0.3) is 5.91 Å². The van der Waals surface area contributed by atoms with Crippen LogP contribution in [0, 0.1) is 0 Å². The van der Waals surface area contributed by atoms with Crippen molar-refractivity contribution in [3.8, 4) is 17.0 Å². The SMILES string of the molecule is CCOc1ccccc1-c1cc(C(=O)N2CCOC(C)(C)C2)[nH]n1. The van der Waals surface area contributed by atoms with Gasteiger partial charge in [0.15, 0.2) is 0 Å². The molecule has 0 spiro atoms. The van der Waals surface area contributed by atoms with Gasteiger partial charge in [0, 0.05) is 18.7 Å². The van der Waals surface area contributed by atoms with Crippen molar-refractivity contribution in [1.82, 2.24) is 15.1 Å². The quantitative estimate of drug-likeness (QED) is 0.936. The number of aromatic nitrogens is 2. The van der Waals surface area contributed by atoms with Gasteiger partial charge in [-0.1, -0.05) is 12.1 Å². The summed E-state index contributed by atoms with van der Waals surface area (Å²) in [5.74, 6) is 0.706. The van der Waals surface area contributed by atoms with Crippen molar-refractivity contribution in [2.24, 2.45) is 0 Å². The monoisotopic (exact) mass is 329 g/mol. The molecule has 0 atom stereocenters. The Morgan fingerprint density at radius 2 is 2.21 bits per heavy atom. The number of carbonyl (C=O) groups is 1. The van der Waals surface area contributed by atoms with Crippen LogP contribution in [0.1, 0.15) is 31.3 Å². The average Bonchev–Trinajstić information content (AvgIpc) is 3.04. The van der Waals surface area contributed by atoms with E-state index in [9.17, 15) is 4.79 Å². The van der Waals surface area contributed by atoms with Gasteiger partial charge >= 0.3 is 0 Å². The summed E-state index contributed by atoms with van der Waals surface area (Å²) in [6.07, 6.45) is 0. The summed E-state index contributed by atoms with van der Waals surface area (Å²) in [5, 5.41) is 7.16. The predicted octanol–water partition coefficient (Wildman–Crippen LogP) is 2.73. The van der Waals surface area contributed by atoms with E-state index in [1.165, 1.54) is 0 Å². The minimum Gasteiger partial charge on any atom is -0.493 e. The number of amides is 1. The van der Waals surface area contributed by atoms with Crippen LogP contribution in [0.3, 0.4) is 0 Å². The van der Waals surface area contributed by atoms with Crippen LogP contribution in [-0.4, -0.2) is 52.9 Å². The third kappa shape index (κ3) is 3.43. The van der Waals surface area contributed by atoms with Crippen molar-refractivity contribution in [3.63, 3.8) is 0 Å². The molecule has 6 heteroatoms. The lowest BCUT2D eigenvalue weighted by molar-refractivity contribution is -0.0765. The Balaban J connectivity index is 1.82. The molecule has 2 aromatic rings. The van der Waals surface area contributed by atoms with Gasteiger partial charge in [-0.05, 0) is 39.0 Å². The number of morpholine rings is 1. The van der Waals surface area contributed by atoms with E-state index in [1.807, 2.05) is 45.0 Å². The van der Waals surface area contributed by atoms with Crippen molar-refractivity contribution >= 4 is 5.91 Å². The number of para-hydroxylation sites is 1. The molecule has 0 unspecified atom stereocenters. The van der Waals surface area contributed by atoms with E-state index in [2.05, 4.69) is 10.2 Å². The zero-order valence-corrected chi connectivity index (χ0v) is 14.3. The molecule has 128 valence electrons. The molecule has 0 aliphatic carbocycles. The highest BCUT2D eigenvalue weighted by molar-refractivity contribution is 5.93. The Morgan fingerprint density at radius 1 is 1.42 bits per heavy atom. The topological polar surface area (TPSA) is 67.4 Å². The van der Waals surface area contributed by atoms with Crippen molar-refractivity contribution in [2.75, 3.05) is 26.3 Å². The summed E-state index contributed by atoms with van der Waals surface area (Å²) >= 11 is 0. The normalized spacial score (nSPS) is 16.9. The number of aromatic amines is 1. The number of nitrogens with one attached hydrogen (secondary N) is 1. The lowest BCUT2D eigenvalue weighted by Crippen LogP contribution is -2.50. The molecule has 0 saturated carbocycles. The zero-order valence-electron chi connectivity index (χ0n) is 14.3. The number of carbonyl (C=O) groups excluding carboxylic acids is 1. The van der Waals surface area contributed by atoms with Gasteiger partial charge in [0.1, 0.15) is 11.4 Å². The maximum Gasteiger partial charge on any atom is 0.272 e. The number of rotatable bonds is 4. The Hall–Kier alpha value is -2.34. The van der Waals surface area contributed by atoms with Gasteiger partial charge in [0.2, 0.25) is 0 Å². The molecule has 0 bridgehead atoms. The Bertz CT molecular complexity index is 724. The molecule has 24 heavy (non-hydrogen) atoms. The van der Waals surface area contributed by atoms with Crippen LogP contribution >= 0.6 is 0 Å². The first-order valence-electron chi connectivity index (χ1n) is 8.21. The first-order chi connectivity index (χ1) is 11.5. The summed E-state index contributed by atoms with van der Waals surface area (Å²) in [6, 6.07) is 9.47. The Morgan fingerprint density at radius 3 is 2.96 bits per heavy atom. The van der Waals surface area contributed by atoms with E-state index in [-0.39, 0.29) is 11.5 Å². The lowest BCUT2D eigenvalue weighted by Gasteiger charge is -2.37. The highest BCUT2D eigenvalue weighted by Gasteiger charge is 2.31. The number of hydrogen-bond acceptors (Lipinski definition) is 4. The highest BCUT2D eigenvalue weighted by Crippen LogP contribution is 2.29. The van der Waals surface area contributed by atoms with E-state index in [0.29, 0.717) is 37.7 Å². The molecule has 1 fully saturated rings. The van der Waals surface area contributed by atoms with Gasteiger partial charge in [-0.15, -0.1) is 0 Å². The zero-order chi connectivity index (χ0) is 17.2. The molecule has 1 saturated heterocycles. The predicted molar refractivity (Wildman–Crippen MR) is 91.1 cm³/mol. The fourth-order valence-electron chi connectivity index (χ4n) is 2.89. The van der Waals surface area contributed by atoms with Crippen LogP contribution < -0.4 is 4.74 Å². The van der Waals surface area contributed by atoms with Crippen LogP contribution in [0.5, 0.6) is 5.75 Å². The fraction of sp³-hybridized carbons (Fsp3) is 0.444. The molecule has 3 rings (SSSR count). The summed E-state index contributed by atoms with van der Waals surface area (Å²) < 4.78 is 11.3. The minimum atomic E-state index is -0.321. The van der Waals surface area contributed by atoms with Gasteiger partial charge < -0.3 is 14.4 Å². The third-order valence-electron chi connectivity index (χ3n) is 3.98. The minimum absolute atomic E-state index is 0.0565. The fourth-order valence-corrected chi connectivity index (χ4v) is 2.89. The summed E-state index contributed by atoms with van der Waals surface area (Å²) in [7, 11) is 0. The molecule has 1 amide bonds. The van der Waals surface area contributed by atoms with Crippen LogP contribution in [0.15, 0.2) is 30.3 Å². The Labute approximate surface area is 141 Å². The molecule has 1 aliphatic heterocycles. The van der Waals surface area contributed by atoms with Crippen LogP contribution in [0.25, 0.3) is 11.3 Å². The maximum absolute atomic E-state index is 12.7. The number of H-pyrrole nitrogens is 1. The van der Waals surface area contributed by atoms with Crippen LogP contribution in [0.2, 0.25) is 0 Å². The van der Waals surface area contributed by atoms with Crippen LogP contribution in [-0.2, 0) is 4.74 Å². The molecular formula is C18H23N3O3. The molecule has 1 N–H and O–H groups in total. The second-order valence-corrected chi connectivity index (χ2v) is 6.43. The number of benzene rings is 1. The molecule has 1 aromatic heterocycles. The first kappa shape index (κ1) is 16.5. The highest BCUT2D eigenvalue weighted by atomic mass is 16.5. The lowest BCUT2D eigenvalue weighted by atomic mass is 10.1. The molecule has 6 nitrogen and oxygen atoms in total. The van der Waals surface area contributed by atoms with Crippen molar-refractivity contribution < 1.29 is 14.3 Å². The second-order valence-electron chi connectivity index (χ2n) is 6.43. The number of nitrogens with zero attached hydrogens (tertiary/aromatic N) is 2. The molecule has 1 aliphatic rings. The number of ether oxygens (including phenoxy) is 2. The van der Waals surface area contributed by atoms with Crippen molar-refractivity contribution in [1.29, 1.82) is 0 Å². The third-order valence-corrected chi connectivity index (χ3v) is 3.98. The van der Waals surface area contributed by atoms with E-state index in [0.717, 1.165) is 11.3 Å². The standard InChI is InChI=1S/C18H23N3O3/c1-4-23-16-8-6-5-7-13(16)14-11-15(20-19-14)17(22)21-9-10-24-18(2,3)12-21/h5-8,11H,4,9-10,12H2,1-3H3,(H,19,20). The maximum atomic E-state index is 12.7. The summed E-state index contributed by atoms with van der Waals surface area (Å²) in [6.45, 7) is 8.20. The van der Waals surface area contributed by atoms with Crippen molar-refractivity contribution in [2.45, 2.75) is 26.4 Å². The van der Waals surface area contributed by atoms with Crippen molar-refractivity contribution in [3.05, 3.63) is 36.0 Å². The summed E-state index contributed by atoms with van der Waals surface area (Å²) in [5.41, 5.74) is 1.74. The second kappa shape index (κ2) is 6.65.